The predicted octanol–water partition coefficient (Wildman–Crippen LogP) is 4.39. The Morgan fingerprint density at radius 2 is 1.77 bits per heavy atom. The van der Waals surface area contributed by atoms with E-state index in [-0.39, 0.29) is 18.2 Å². The molecule has 1 saturated carbocycles. The van der Waals surface area contributed by atoms with Crippen LogP contribution >= 0.6 is 11.6 Å². The van der Waals surface area contributed by atoms with Crippen molar-refractivity contribution in [3.63, 3.8) is 0 Å². The maximum absolute atomic E-state index is 13.2. The number of carbonyl (C=O) groups is 3. The molecule has 1 heterocycles. The molecule has 30 heavy (non-hydrogen) atoms. The molecule has 0 radical (unpaired) electrons. The third-order valence-electron chi connectivity index (χ3n) is 5.38. The molecule has 0 N–H and O–H groups in total. The number of barbiturate groups is 1. The highest BCUT2D eigenvalue weighted by Crippen LogP contribution is 2.29. The Morgan fingerprint density at radius 3 is 2.40 bits per heavy atom. The lowest BCUT2D eigenvalue weighted by Crippen LogP contribution is -2.59. The van der Waals surface area contributed by atoms with Crippen LogP contribution in [0, 0.1) is 0 Å². The lowest BCUT2D eigenvalue weighted by atomic mass is 9.93. The molecule has 0 spiro atoms. The fourth-order valence-electron chi connectivity index (χ4n) is 3.85. The number of ether oxygens (including phenoxy) is 1. The molecule has 0 atom stereocenters. The monoisotopic (exact) mass is 430 g/mol. The Kier molecular flexibility index (Phi) is 7.69. The van der Waals surface area contributed by atoms with Gasteiger partial charge in [0.25, 0.3) is 11.8 Å². The summed E-state index contributed by atoms with van der Waals surface area (Å²) in [7, 11) is 0. The summed E-state index contributed by atoms with van der Waals surface area (Å²) in [4.78, 5) is 41.7. The summed E-state index contributed by atoms with van der Waals surface area (Å²) >= 11 is 5.78. The lowest BCUT2D eigenvalue weighted by molar-refractivity contribution is -0.137. The molecule has 1 aliphatic carbocycles. The van der Waals surface area contributed by atoms with E-state index in [1.54, 1.807) is 36.4 Å². The van der Waals surface area contributed by atoms with Gasteiger partial charge in [-0.2, -0.15) is 0 Å². The summed E-state index contributed by atoms with van der Waals surface area (Å²) in [5.41, 5.74) is 0.697. The van der Waals surface area contributed by atoms with E-state index in [9.17, 15) is 14.4 Å². The van der Waals surface area contributed by atoms with Gasteiger partial charge >= 0.3 is 6.03 Å². The van der Waals surface area contributed by atoms with Gasteiger partial charge in [0.2, 0.25) is 0 Å². The van der Waals surface area contributed by atoms with Gasteiger partial charge in [-0.15, -0.1) is 11.6 Å². The first kappa shape index (κ1) is 22.1. The second-order valence-electron chi connectivity index (χ2n) is 7.48. The van der Waals surface area contributed by atoms with Gasteiger partial charge in [0.1, 0.15) is 17.9 Å². The first-order chi connectivity index (χ1) is 14.6. The molecule has 1 aromatic rings. The number of alkyl halides is 1. The number of imide groups is 2. The molecule has 2 fully saturated rings. The van der Waals surface area contributed by atoms with Gasteiger partial charge in [0.05, 0.1) is 0 Å². The molecule has 0 aromatic heterocycles. The maximum Gasteiger partial charge on any atom is 0.334 e. The molecule has 6 nitrogen and oxygen atoms in total. The van der Waals surface area contributed by atoms with Crippen molar-refractivity contribution in [1.29, 1.82) is 0 Å². The van der Waals surface area contributed by atoms with E-state index >= 15 is 0 Å². The van der Waals surface area contributed by atoms with Gasteiger partial charge < -0.3 is 4.74 Å². The summed E-state index contributed by atoms with van der Waals surface area (Å²) in [6, 6.07) is 6.40. The van der Waals surface area contributed by atoms with E-state index < -0.39 is 17.8 Å². The third-order valence-corrected chi connectivity index (χ3v) is 5.64. The Bertz CT molecular complexity index is 828. The van der Waals surface area contributed by atoms with Crippen molar-refractivity contribution >= 4 is 35.5 Å². The zero-order valence-corrected chi connectivity index (χ0v) is 17.8. The van der Waals surface area contributed by atoms with Crippen molar-refractivity contribution < 1.29 is 19.1 Å². The quantitative estimate of drug-likeness (QED) is 0.265. The smallest absolute Gasteiger partial charge is 0.334 e. The minimum Gasteiger partial charge on any atom is -0.490 e. The van der Waals surface area contributed by atoms with Crippen LogP contribution in [0.25, 0.3) is 6.08 Å². The fraction of sp³-hybridized carbons (Fsp3) is 0.435. The summed E-state index contributed by atoms with van der Waals surface area (Å²) < 4.78 is 5.47. The number of urea groups is 1. The lowest BCUT2D eigenvalue weighted by Gasteiger charge is -2.39. The number of hydrogen-bond acceptors (Lipinski definition) is 4. The summed E-state index contributed by atoms with van der Waals surface area (Å²) in [5.74, 6) is -0.0686. The second-order valence-corrected chi connectivity index (χ2v) is 7.85. The van der Waals surface area contributed by atoms with Crippen molar-refractivity contribution in [2.45, 2.75) is 44.6 Å². The van der Waals surface area contributed by atoms with Gasteiger partial charge in [-0.1, -0.05) is 44.1 Å². The van der Waals surface area contributed by atoms with E-state index in [1.165, 1.54) is 4.90 Å². The van der Waals surface area contributed by atoms with E-state index in [1.807, 2.05) is 0 Å². The zero-order chi connectivity index (χ0) is 21.5. The van der Waals surface area contributed by atoms with Crippen LogP contribution in [0.4, 0.5) is 4.79 Å². The first-order valence-electron chi connectivity index (χ1n) is 10.4. The second kappa shape index (κ2) is 10.4. The minimum atomic E-state index is -0.561. The van der Waals surface area contributed by atoms with Crippen molar-refractivity contribution in [2.75, 3.05) is 19.0 Å². The molecule has 7 heteroatoms. The molecular formula is C23H27ClN2O4. The van der Waals surface area contributed by atoms with Crippen LogP contribution in [-0.2, 0) is 9.59 Å². The number of benzene rings is 1. The standard InChI is InChI=1S/C23H27ClN2O4/c1-2-15-30-19-11-9-17(10-12-19)16-20-21(27)25(14-6-13-24)23(29)26(22(20)28)18-7-4-3-5-8-18/h2,9-12,16,18H,1,3-8,13-15H2/b20-16+. The Labute approximate surface area is 182 Å². The molecule has 0 unspecified atom stereocenters. The van der Waals surface area contributed by atoms with Gasteiger partial charge in [0.15, 0.2) is 0 Å². The van der Waals surface area contributed by atoms with Crippen molar-refractivity contribution in [1.82, 2.24) is 9.80 Å². The highest BCUT2D eigenvalue weighted by Gasteiger charge is 2.44. The highest BCUT2D eigenvalue weighted by molar-refractivity contribution is 6.31. The van der Waals surface area contributed by atoms with Crippen LogP contribution in [0.2, 0.25) is 0 Å². The van der Waals surface area contributed by atoms with Crippen LogP contribution in [0.15, 0.2) is 42.5 Å². The largest absolute Gasteiger partial charge is 0.490 e. The highest BCUT2D eigenvalue weighted by atomic mass is 35.5. The number of carbonyl (C=O) groups excluding carboxylic acids is 3. The van der Waals surface area contributed by atoms with Crippen LogP contribution < -0.4 is 4.74 Å². The van der Waals surface area contributed by atoms with E-state index in [2.05, 4.69) is 6.58 Å². The molecule has 4 amide bonds. The SMILES string of the molecule is C=CCOc1ccc(/C=C2\C(=O)N(CCCCl)C(=O)N(C3CCCCC3)C2=O)cc1. The number of halogens is 1. The summed E-state index contributed by atoms with van der Waals surface area (Å²) in [6.07, 6.45) is 8.29. The van der Waals surface area contributed by atoms with Crippen LogP contribution in [0.3, 0.4) is 0 Å². The number of amides is 4. The fourth-order valence-corrected chi connectivity index (χ4v) is 3.97. The molecule has 1 saturated heterocycles. The van der Waals surface area contributed by atoms with Gasteiger partial charge in [-0.3, -0.25) is 19.4 Å². The molecule has 2 aliphatic rings. The Balaban J connectivity index is 1.90. The first-order valence-corrected chi connectivity index (χ1v) is 10.9. The van der Waals surface area contributed by atoms with E-state index in [0.717, 1.165) is 37.0 Å². The maximum atomic E-state index is 13.2. The average Bonchev–Trinajstić information content (AvgIpc) is 2.77. The zero-order valence-electron chi connectivity index (χ0n) is 17.0. The molecule has 1 aromatic carbocycles. The third kappa shape index (κ3) is 4.93. The van der Waals surface area contributed by atoms with E-state index in [0.29, 0.717) is 30.2 Å². The number of hydrogen-bond donors (Lipinski definition) is 0. The molecule has 160 valence electrons. The van der Waals surface area contributed by atoms with Crippen LogP contribution in [0.1, 0.15) is 44.1 Å². The normalized spacial score (nSPS) is 19.5. The minimum absolute atomic E-state index is 0.00880. The Morgan fingerprint density at radius 1 is 1.07 bits per heavy atom. The van der Waals surface area contributed by atoms with Gasteiger partial charge in [0, 0.05) is 18.5 Å². The molecule has 1 aliphatic heterocycles. The molecular weight excluding hydrogens is 404 g/mol. The van der Waals surface area contributed by atoms with Crippen molar-refractivity contribution in [3.05, 3.63) is 48.1 Å². The van der Waals surface area contributed by atoms with Gasteiger partial charge in [-0.05, 0) is 43.0 Å². The molecule has 3 rings (SSSR count). The summed E-state index contributed by atoms with van der Waals surface area (Å²) in [6.45, 7) is 4.20. The predicted molar refractivity (Wildman–Crippen MR) is 116 cm³/mol. The number of nitrogens with zero attached hydrogens (tertiary/aromatic N) is 2. The van der Waals surface area contributed by atoms with Crippen LogP contribution in [-0.4, -0.2) is 52.7 Å². The topological polar surface area (TPSA) is 66.9 Å². The van der Waals surface area contributed by atoms with Gasteiger partial charge in [-0.25, -0.2) is 4.79 Å². The van der Waals surface area contributed by atoms with Crippen LogP contribution in [0.5, 0.6) is 5.75 Å². The van der Waals surface area contributed by atoms with Crippen molar-refractivity contribution in [3.8, 4) is 5.75 Å². The average molecular weight is 431 g/mol. The van der Waals surface area contributed by atoms with E-state index in [4.69, 9.17) is 16.3 Å². The Hall–Kier alpha value is -2.60. The molecule has 0 bridgehead atoms. The summed E-state index contributed by atoms with van der Waals surface area (Å²) in [5, 5.41) is 0. The van der Waals surface area contributed by atoms with Crippen molar-refractivity contribution in [2.24, 2.45) is 0 Å². The number of rotatable bonds is 8.